The van der Waals surface area contributed by atoms with E-state index in [0.717, 1.165) is 4.47 Å². The van der Waals surface area contributed by atoms with Crippen LogP contribution in [0.3, 0.4) is 0 Å². The number of hydrogen-bond donors (Lipinski definition) is 0. The molecule has 0 aliphatic heterocycles. The minimum Gasteiger partial charge on any atom is -0.485 e. The first kappa shape index (κ1) is 13.2. The summed E-state index contributed by atoms with van der Waals surface area (Å²) in [5.74, 6) is -0.103. The summed E-state index contributed by atoms with van der Waals surface area (Å²) in [6, 6.07) is 6.36. The minimum atomic E-state index is -0.336. The Bertz CT molecular complexity index is 580. The van der Waals surface area contributed by atoms with E-state index < -0.39 is 0 Å². The van der Waals surface area contributed by atoms with E-state index in [2.05, 4.69) is 15.9 Å². The predicted molar refractivity (Wildman–Crippen MR) is 73.0 cm³/mol. The molecule has 5 heteroatoms. The zero-order chi connectivity index (χ0) is 13.1. The summed E-state index contributed by atoms with van der Waals surface area (Å²) >= 11 is 4.64. The van der Waals surface area contributed by atoms with Gasteiger partial charge in [0.1, 0.15) is 11.6 Å². The Morgan fingerprint density at radius 1 is 1.44 bits per heavy atom. The highest BCUT2D eigenvalue weighted by Crippen LogP contribution is 2.23. The van der Waals surface area contributed by atoms with Crippen LogP contribution in [0.4, 0.5) is 4.39 Å². The standard InChI is InChI=1S/C13H10BrFO2S/c1-8-2-3-9(6-11(8)15)17-7-12(16)13-10(14)4-5-18-13/h2-6H,7H2,1H3. The summed E-state index contributed by atoms with van der Waals surface area (Å²) in [6.45, 7) is 1.58. The molecule has 0 unspecified atom stereocenters. The monoisotopic (exact) mass is 328 g/mol. The maximum absolute atomic E-state index is 13.3. The van der Waals surface area contributed by atoms with Crippen LogP contribution in [0.1, 0.15) is 15.2 Å². The number of thiophene rings is 1. The molecule has 1 aromatic heterocycles. The third-order valence-corrected chi connectivity index (χ3v) is 4.26. The van der Waals surface area contributed by atoms with Gasteiger partial charge in [-0.25, -0.2) is 4.39 Å². The van der Waals surface area contributed by atoms with Crippen molar-refractivity contribution in [3.63, 3.8) is 0 Å². The lowest BCUT2D eigenvalue weighted by Gasteiger charge is -2.06. The molecule has 1 aromatic carbocycles. The molecule has 0 radical (unpaired) electrons. The molecule has 0 saturated carbocycles. The fraction of sp³-hybridized carbons (Fsp3) is 0.154. The van der Waals surface area contributed by atoms with E-state index in [1.165, 1.54) is 17.4 Å². The largest absolute Gasteiger partial charge is 0.485 e. The van der Waals surface area contributed by atoms with Gasteiger partial charge in [-0.1, -0.05) is 6.07 Å². The van der Waals surface area contributed by atoms with E-state index in [-0.39, 0.29) is 18.2 Å². The van der Waals surface area contributed by atoms with Crippen LogP contribution in [-0.4, -0.2) is 12.4 Å². The van der Waals surface area contributed by atoms with Gasteiger partial charge in [0.2, 0.25) is 5.78 Å². The third kappa shape index (κ3) is 2.97. The number of carbonyl (C=O) groups excluding carboxylic acids is 1. The van der Waals surface area contributed by atoms with Crippen LogP contribution in [0, 0.1) is 12.7 Å². The molecule has 0 aliphatic rings. The quantitative estimate of drug-likeness (QED) is 0.785. The Balaban J connectivity index is 2.02. The molecule has 18 heavy (non-hydrogen) atoms. The minimum absolute atomic E-state index is 0.0956. The zero-order valence-corrected chi connectivity index (χ0v) is 12.0. The third-order valence-electron chi connectivity index (χ3n) is 2.38. The van der Waals surface area contributed by atoms with Gasteiger partial charge in [-0.05, 0) is 45.9 Å². The summed E-state index contributed by atoms with van der Waals surface area (Å²) in [5.41, 5.74) is 0.551. The molecule has 94 valence electrons. The van der Waals surface area contributed by atoms with Gasteiger partial charge in [-0.15, -0.1) is 11.3 Å². The molecule has 0 N–H and O–H groups in total. The van der Waals surface area contributed by atoms with Crippen LogP contribution in [0.5, 0.6) is 5.75 Å². The van der Waals surface area contributed by atoms with Crippen LogP contribution in [-0.2, 0) is 0 Å². The van der Waals surface area contributed by atoms with Crippen molar-refractivity contribution in [3.8, 4) is 5.75 Å². The topological polar surface area (TPSA) is 26.3 Å². The number of halogens is 2. The molecule has 1 heterocycles. The second-order valence-corrected chi connectivity index (χ2v) is 5.49. The highest BCUT2D eigenvalue weighted by Gasteiger charge is 2.12. The molecule has 0 saturated heterocycles. The van der Waals surface area contributed by atoms with Gasteiger partial charge in [-0.2, -0.15) is 0 Å². The van der Waals surface area contributed by atoms with Crippen molar-refractivity contribution in [2.75, 3.05) is 6.61 Å². The van der Waals surface area contributed by atoms with Gasteiger partial charge in [0.05, 0.1) is 4.88 Å². The molecular weight excluding hydrogens is 319 g/mol. The van der Waals surface area contributed by atoms with Gasteiger partial charge < -0.3 is 4.74 Å². The molecule has 0 bridgehead atoms. The number of Topliss-reactive ketones (excluding diaryl/α,β-unsaturated/α-hetero) is 1. The van der Waals surface area contributed by atoms with Gasteiger partial charge >= 0.3 is 0 Å². The van der Waals surface area contributed by atoms with E-state index in [1.807, 2.05) is 11.4 Å². The first-order valence-corrected chi connectivity index (χ1v) is 6.90. The van der Waals surface area contributed by atoms with Crippen LogP contribution in [0.25, 0.3) is 0 Å². The number of carbonyl (C=O) groups is 1. The van der Waals surface area contributed by atoms with E-state index >= 15 is 0 Å². The maximum Gasteiger partial charge on any atom is 0.211 e. The van der Waals surface area contributed by atoms with Crippen molar-refractivity contribution in [3.05, 3.63) is 50.4 Å². The number of rotatable bonds is 4. The normalized spacial score (nSPS) is 10.4. The van der Waals surface area contributed by atoms with Crippen molar-refractivity contribution in [1.82, 2.24) is 0 Å². The second-order valence-electron chi connectivity index (χ2n) is 3.72. The molecular formula is C13H10BrFO2S. The molecule has 2 aromatic rings. The first-order valence-electron chi connectivity index (χ1n) is 5.23. The number of aryl methyl sites for hydroxylation is 1. The van der Waals surface area contributed by atoms with Crippen molar-refractivity contribution < 1.29 is 13.9 Å². The van der Waals surface area contributed by atoms with Crippen LogP contribution in [0.15, 0.2) is 34.1 Å². The number of ketones is 1. The summed E-state index contributed by atoms with van der Waals surface area (Å²) in [6.07, 6.45) is 0. The Morgan fingerprint density at radius 2 is 2.22 bits per heavy atom. The molecule has 0 spiro atoms. The Hall–Kier alpha value is -1.20. The van der Waals surface area contributed by atoms with E-state index in [0.29, 0.717) is 16.2 Å². The van der Waals surface area contributed by atoms with Gasteiger partial charge in [0.15, 0.2) is 6.61 Å². The smallest absolute Gasteiger partial charge is 0.211 e. The lowest BCUT2D eigenvalue weighted by molar-refractivity contribution is 0.0924. The average Bonchev–Trinajstić information content (AvgIpc) is 2.77. The molecule has 0 aliphatic carbocycles. The summed E-state index contributed by atoms with van der Waals surface area (Å²) < 4.78 is 19.3. The van der Waals surface area contributed by atoms with Crippen molar-refractivity contribution in [2.45, 2.75) is 6.92 Å². The van der Waals surface area contributed by atoms with Crippen molar-refractivity contribution in [1.29, 1.82) is 0 Å². The van der Waals surface area contributed by atoms with Crippen molar-refractivity contribution >= 4 is 33.0 Å². The highest BCUT2D eigenvalue weighted by molar-refractivity contribution is 9.10. The summed E-state index contributed by atoms with van der Waals surface area (Å²) in [4.78, 5) is 12.4. The molecule has 2 rings (SSSR count). The summed E-state index contributed by atoms with van der Waals surface area (Å²) in [5, 5.41) is 1.82. The van der Waals surface area contributed by atoms with Crippen molar-refractivity contribution in [2.24, 2.45) is 0 Å². The predicted octanol–water partition coefficient (Wildman–Crippen LogP) is 4.22. The lowest BCUT2D eigenvalue weighted by Crippen LogP contribution is -2.10. The second kappa shape index (κ2) is 5.63. The first-order chi connectivity index (χ1) is 8.58. The molecule has 0 amide bonds. The van der Waals surface area contributed by atoms with E-state index in [1.54, 1.807) is 19.1 Å². The number of hydrogen-bond acceptors (Lipinski definition) is 3. The Kier molecular flexibility index (Phi) is 4.14. The summed E-state index contributed by atoms with van der Waals surface area (Å²) in [7, 11) is 0. The van der Waals surface area contributed by atoms with Gasteiger partial charge in [-0.3, -0.25) is 4.79 Å². The van der Waals surface area contributed by atoms with E-state index in [9.17, 15) is 9.18 Å². The number of benzene rings is 1. The molecule has 0 fully saturated rings. The van der Waals surface area contributed by atoms with Crippen LogP contribution < -0.4 is 4.74 Å². The van der Waals surface area contributed by atoms with Crippen LogP contribution in [0.2, 0.25) is 0 Å². The fourth-order valence-corrected chi connectivity index (χ4v) is 2.89. The van der Waals surface area contributed by atoms with E-state index in [4.69, 9.17) is 4.74 Å². The van der Waals surface area contributed by atoms with Gasteiger partial charge in [0.25, 0.3) is 0 Å². The molecule has 0 atom stereocenters. The average molecular weight is 329 g/mol. The van der Waals surface area contributed by atoms with Crippen LogP contribution >= 0.6 is 27.3 Å². The zero-order valence-electron chi connectivity index (χ0n) is 9.57. The lowest BCUT2D eigenvalue weighted by atomic mass is 10.2. The number of ether oxygens (including phenoxy) is 1. The fourth-order valence-electron chi connectivity index (χ4n) is 1.37. The Morgan fingerprint density at radius 3 is 2.83 bits per heavy atom. The Labute approximate surface area is 117 Å². The van der Waals surface area contributed by atoms with Gasteiger partial charge in [0, 0.05) is 10.5 Å². The maximum atomic E-state index is 13.3. The SMILES string of the molecule is Cc1ccc(OCC(=O)c2sccc2Br)cc1F. The molecule has 2 nitrogen and oxygen atoms in total. The highest BCUT2D eigenvalue weighted by atomic mass is 79.9.